The highest BCUT2D eigenvalue weighted by molar-refractivity contribution is 6.06. The van der Waals surface area contributed by atoms with Crippen molar-refractivity contribution in [2.75, 3.05) is 13.2 Å². The number of hydrogen-bond acceptors (Lipinski definition) is 5. The van der Waals surface area contributed by atoms with Gasteiger partial charge < -0.3 is 10.1 Å². The van der Waals surface area contributed by atoms with Gasteiger partial charge in [-0.1, -0.05) is 18.2 Å². The normalized spacial score (nSPS) is 20.1. The van der Waals surface area contributed by atoms with Gasteiger partial charge in [-0.15, -0.1) is 0 Å². The van der Waals surface area contributed by atoms with E-state index < -0.39 is 11.6 Å². The maximum Gasteiger partial charge on any atom is 0.325 e. The SMILES string of the molecule is CC1(c2cnccn2)NC(=O)N(CCCOc2ccccc2)C1=O. The number of imide groups is 1. The average Bonchev–Trinajstić information content (AvgIpc) is 2.84. The molecule has 3 amide bonds. The summed E-state index contributed by atoms with van der Waals surface area (Å²) in [4.78, 5) is 34.1. The van der Waals surface area contributed by atoms with Gasteiger partial charge in [-0.25, -0.2) is 4.79 Å². The summed E-state index contributed by atoms with van der Waals surface area (Å²) in [5.74, 6) is 0.437. The van der Waals surface area contributed by atoms with Gasteiger partial charge in [-0.05, 0) is 25.5 Å². The van der Waals surface area contributed by atoms with Crippen LogP contribution in [0.2, 0.25) is 0 Å². The quantitative estimate of drug-likeness (QED) is 0.645. The zero-order valence-electron chi connectivity index (χ0n) is 13.3. The Hall–Kier alpha value is -2.96. The molecule has 1 saturated heterocycles. The fraction of sp³-hybridized carbons (Fsp3) is 0.294. The minimum Gasteiger partial charge on any atom is -0.494 e. The lowest BCUT2D eigenvalue weighted by Gasteiger charge is -2.20. The van der Waals surface area contributed by atoms with Crippen LogP contribution in [-0.4, -0.2) is 40.0 Å². The first kappa shape index (κ1) is 15.9. The number of aromatic nitrogens is 2. The van der Waals surface area contributed by atoms with Crippen molar-refractivity contribution in [2.45, 2.75) is 18.9 Å². The first-order valence-electron chi connectivity index (χ1n) is 7.70. The first-order chi connectivity index (χ1) is 11.6. The van der Waals surface area contributed by atoms with E-state index in [1.54, 1.807) is 6.92 Å². The van der Waals surface area contributed by atoms with Crippen LogP contribution in [0.5, 0.6) is 5.75 Å². The molecule has 1 atom stereocenters. The highest BCUT2D eigenvalue weighted by atomic mass is 16.5. The van der Waals surface area contributed by atoms with Crippen molar-refractivity contribution in [1.82, 2.24) is 20.2 Å². The number of ether oxygens (including phenoxy) is 1. The number of rotatable bonds is 6. The molecule has 1 aromatic heterocycles. The minimum atomic E-state index is -1.17. The molecule has 124 valence electrons. The van der Waals surface area contributed by atoms with E-state index in [1.807, 2.05) is 30.3 Å². The Labute approximate surface area is 139 Å². The Balaban J connectivity index is 1.59. The molecule has 7 nitrogen and oxygen atoms in total. The number of urea groups is 1. The standard InChI is InChI=1S/C17H18N4O3/c1-17(14-12-18-8-9-19-14)15(22)21(16(23)20-17)10-5-11-24-13-6-3-2-4-7-13/h2-4,6-9,12H,5,10-11H2,1H3,(H,20,23). The van der Waals surface area contributed by atoms with Gasteiger partial charge in [0.05, 0.1) is 18.5 Å². The lowest BCUT2D eigenvalue weighted by atomic mass is 9.98. The van der Waals surface area contributed by atoms with E-state index in [1.165, 1.54) is 23.5 Å². The van der Waals surface area contributed by atoms with Crippen molar-refractivity contribution in [1.29, 1.82) is 0 Å². The van der Waals surface area contributed by atoms with Gasteiger partial charge in [0.2, 0.25) is 0 Å². The summed E-state index contributed by atoms with van der Waals surface area (Å²) in [6, 6.07) is 8.98. The molecule has 2 aromatic rings. The molecular formula is C17H18N4O3. The van der Waals surface area contributed by atoms with E-state index in [9.17, 15) is 9.59 Å². The molecule has 1 fully saturated rings. The van der Waals surface area contributed by atoms with E-state index in [0.717, 1.165) is 5.75 Å². The van der Waals surface area contributed by atoms with Crippen LogP contribution in [-0.2, 0) is 10.3 Å². The number of carbonyl (C=O) groups is 2. The van der Waals surface area contributed by atoms with E-state index in [4.69, 9.17) is 4.74 Å². The van der Waals surface area contributed by atoms with E-state index in [-0.39, 0.29) is 12.5 Å². The molecule has 0 radical (unpaired) electrons. The molecule has 0 saturated carbocycles. The summed E-state index contributed by atoms with van der Waals surface area (Å²) >= 11 is 0. The molecule has 1 aromatic carbocycles. The summed E-state index contributed by atoms with van der Waals surface area (Å²) < 4.78 is 5.58. The number of nitrogens with zero attached hydrogens (tertiary/aromatic N) is 3. The minimum absolute atomic E-state index is 0.285. The molecular weight excluding hydrogens is 308 g/mol. The fourth-order valence-electron chi connectivity index (χ4n) is 2.56. The second-order valence-electron chi connectivity index (χ2n) is 5.62. The molecule has 1 aliphatic heterocycles. The van der Waals surface area contributed by atoms with E-state index in [0.29, 0.717) is 18.7 Å². The van der Waals surface area contributed by atoms with Crippen LogP contribution in [0.3, 0.4) is 0 Å². The van der Waals surface area contributed by atoms with Crippen LogP contribution in [0.15, 0.2) is 48.9 Å². The van der Waals surface area contributed by atoms with Crippen LogP contribution >= 0.6 is 0 Å². The van der Waals surface area contributed by atoms with Gasteiger partial charge in [0.1, 0.15) is 5.75 Å². The topological polar surface area (TPSA) is 84.4 Å². The summed E-state index contributed by atoms with van der Waals surface area (Å²) in [5, 5.41) is 2.70. The van der Waals surface area contributed by atoms with Crippen LogP contribution in [0.25, 0.3) is 0 Å². The summed E-state index contributed by atoms with van der Waals surface area (Å²) in [5.41, 5.74) is -0.752. The molecule has 0 spiro atoms. The molecule has 24 heavy (non-hydrogen) atoms. The van der Waals surface area contributed by atoms with Gasteiger partial charge in [-0.2, -0.15) is 0 Å². The number of para-hydroxylation sites is 1. The van der Waals surface area contributed by atoms with Crippen LogP contribution < -0.4 is 10.1 Å². The third-order valence-electron chi connectivity index (χ3n) is 3.89. The Morgan fingerprint density at radius 3 is 2.71 bits per heavy atom. The largest absolute Gasteiger partial charge is 0.494 e. The van der Waals surface area contributed by atoms with Crippen LogP contribution in [0.1, 0.15) is 19.0 Å². The first-order valence-corrected chi connectivity index (χ1v) is 7.70. The molecule has 1 N–H and O–H groups in total. The lowest BCUT2D eigenvalue weighted by Crippen LogP contribution is -2.41. The van der Waals surface area contributed by atoms with Crippen molar-refractivity contribution in [2.24, 2.45) is 0 Å². The van der Waals surface area contributed by atoms with E-state index in [2.05, 4.69) is 15.3 Å². The van der Waals surface area contributed by atoms with Gasteiger partial charge >= 0.3 is 6.03 Å². The fourth-order valence-corrected chi connectivity index (χ4v) is 2.56. The molecule has 2 heterocycles. The Morgan fingerprint density at radius 2 is 2.00 bits per heavy atom. The molecule has 3 rings (SSSR count). The summed E-state index contributed by atoms with van der Waals surface area (Å²) in [6.45, 7) is 2.34. The highest BCUT2D eigenvalue weighted by Gasteiger charge is 2.49. The molecule has 1 unspecified atom stereocenters. The average molecular weight is 326 g/mol. The zero-order valence-corrected chi connectivity index (χ0v) is 13.3. The van der Waals surface area contributed by atoms with E-state index >= 15 is 0 Å². The summed E-state index contributed by atoms with van der Waals surface area (Å²) in [7, 11) is 0. The summed E-state index contributed by atoms with van der Waals surface area (Å²) in [6.07, 6.45) is 5.05. The monoisotopic (exact) mass is 326 g/mol. The van der Waals surface area contributed by atoms with Crippen molar-refractivity contribution < 1.29 is 14.3 Å². The number of hydrogen-bond donors (Lipinski definition) is 1. The zero-order chi connectivity index (χ0) is 17.0. The number of amides is 3. The maximum absolute atomic E-state index is 12.6. The Bertz CT molecular complexity index is 723. The molecule has 0 aliphatic carbocycles. The van der Waals surface area contributed by atoms with Gasteiger partial charge in [0.25, 0.3) is 5.91 Å². The number of carbonyl (C=O) groups excluding carboxylic acids is 2. The smallest absolute Gasteiger partial charge is 0.325 e. The third kappa shape index (κ3) is 3.05. The van der Waals surface area contributed by atoms with Gasteiger partial charge in [-0.3, -0.25) is 19.7 Å². The lowest BCUT2D eigenvalue weighted by molar-refractivity contribution is -0.131. The van der Waals surface area contributed by atoms with Gasteiger partial charge in [0.15, 0.2) is 5.54 Å². The predicted octanol–water partition coefficient (Wildman–Crippen LogP) is 1.71. The second-order valence-corrected chi connectivity index (χ2v) is 5.62. The van der Waals surface area contributed by atoms with Crippen LogP contribution in [0, 0.1) is 0 Å². The maximum atomic E-state index is 12.6. The number of benzene rings is 1. The highest BCUT2D eigenvalue weighted by Crippen LogP contribution is 2.26. The van der Waals surface area contributed by atoms with Crippen molar-refractivity contribution >= 4 is 11.9 Å². The van der Waals surface area contributed by atoms with Crippen LogP contribution in [0.4, 0.5) is 4.79 Å². The molecule has 0 bridgehead atoms. The third-order valence-corrected chi connectivity index (χ3v) is 3.89. The predicted molar refractivity (Wildman–Crippen MR) is 86.2 cm³/mol. The van der Waals surface area contributed by atoms with Gasteiger partial charge in [0, 0.05) is 18.9 Å². The van der Waals surface area contributed by atoms with Crippen molar-refractivity contribution in [3.8, 4) is 5.75 Å². The Morgan fingerprint density at radius 1 is 1.21 bits per heavy atom. The molecule has 7 heteroatoms. The van der Waals surface area contributed by atoms with Crippen molar-refractivity contribution in [3.63, 3.8) is 0 Å². The van der Waals surface area contributed by atoms with Crippen molar-refractivity contribution in [3.05, 3.63) is 54.6 Å². The Kier molecular flexibility index (Phi) is 4.41. The molecule has 1 aliphatic rings. The number of nitrogens with one attached hydrogen (secondary N) is 1. The second kappa shape index (κ2) is 6.66.